The van der Waals surface area contributed by atoms with Gasteiger partial charge >= 0.3 is 0 Å². The van der Waals surface area contributed by atoms with Crippen molar-refractivity contribution >= 4 is 5.96 Å². The molecule has 0 saturated heterocycles. The first-order valence-corrected chi connectivity index (χ1v) is 6.21. The number of unbranched alkanes of at least 4 members (excludes halogenated alkanes) is 1. The SMILES string of the molecule is CCCCNC(=NC)N(C)Cc1cccn1C. The summed E-state index contributed by atoms with van der Waals surface area (Å²) in [5.74, 6) is 0.958. The fraction of sp³-hybridized carbons (Fsp3) is 0.615. The summed E-state index contributed by atoms with van der Waals surface area (Å²) in [6.07, 6.45) is 4.44. The van der Waals surface area contributed by atoms with Crippen molar-refractivity contribution in [2.24, 2.45) is 12.0 Å². The van der Waals surface area contributed by atoms with Crippen LogP contribution in [0.4, 0.5) is 0 Å². The molecule has 0 atom stereocenters. The van der Waals surface area contributed by atoms with Crippen molar-refractivity contribution in [3.63, 3.8) is 0 Å². The second kappa shape index (κ2) is 6.99. The van der Waals surface area contributed by atoms with E-state index < -0.39 is 0 Å². The van der Waals surface area contributed by atoms with Gasteiger partial charge in [0.2, 0.25) is 0 Å². The van der Waals surface area contributed by atoms with Crippen LogP contribution in [0.1, 0.15) is 25.5 Å². The normalized spacial score (nSPS) is 11.6. The summed E-state index contributed by atoms with van der Waals surface area (Å²) in [4.78, 5) is 6.44. The molecule has 0 spiro atoms. The van der Waals surface area contributed by atoms with E-state index >= 15 is 0 Å². The molecule has 0 fully saturated rings. The Morgan fingerprint density at radius 1 is 1.53 bits per heavy atom. The van der Waals surface area contributed by atoms with Crippen LogP contribution in [-0.4, -0.2) is 36.1 Å². The molecule has 0 aromatic carbocycles. The van der Waals surface area contributed by atoms with Crippen molar-refractivity contribution in [2.45, 2.75) is 26.3 Å². The van der Waals surface area contributed by atoms with Crippen LogP contribution < -0.4 is 5.32 Å². The Morgan fingerprint density at radius 3 is 2.82 bits per heavy atom. The largest absolute Gasteiger partial charge is 0.356 e. The first-order chi connectivity index (χ1) is 8.19. The first kappa shape index (κ1) is 13.6. The molecular formula is C13H24N4. The molecule has 1 rings (SSSR count). The minimum atomic E-state index is 0.870. The third-order valence-corrected chi connectivity index (χ3v) is 2.84. The predicted octanol–water partition coefficient (Wildman–Crippen LogP) is 1.83. The topological polar surface area (TPSA) is 32.6 Å². The Bertz CT molecular complexity index is 354. The van der Waals surface area contributed by atoms with Gasteiger partial charge in [-0.15, -0.1) is 0 Å². The number of nitrogens with one attached hydrogen (secondary N) is 1. The zero-order valence-corrected chi connectivity index (χ0v) is 11.4. The fourth-order valence-electron chi connectivity index (χ4n) is 1.74. The summed E-state index contributed by atoms with van der Waals surface area (Å²) in [5, 5.41) is 3.37. The molecule has 0 aliphatic heterocycles. The number of aromatic nitrogens is 1. The van der Waals surface area contributed by atoms with Gasteiger partial charge in [-0.2, -0.15) is 0 Å². The van der Waals surface area contributed by atoms with E-state index in [1.54, 1.807) is 0 Å². The molecular weight excluding hydrogens is 212 g/mol. The van der Waals surface area contributed by atoms with E-state index in [0.29, 0.717) is 0 Å². The van der Waals surface area contributed by atoms with Gasteiger partial charge in [0.05, 0.1) is 6.54 Å². The van der Waals surface area contributed by atoms with E-state index in [1.807, 2.05) is 7.05 Å². The van der Waals surface area contributed by atoms with Crippen LogP contribution in [0.3, 0.4) is 0 Å². The lowest BCUT2D eigenvalue weighted by atomic mass is 10.3. The Kier molecular flexibility index (Phi) is 5.60. The highest BCUT2D eigenvalue weighted by Gasteiger charge is 2.07. The molecule has 0 aliphatic carbocycles. The average Bonchev–Trinajstić information content (AvgIpc) is 2.70. The summed E-state index contributed by atoms with van der Waals surface area (Å²) in [5.41, 5.74) is 1.28. The van der Waals surface area contributed by atoms with Gasteiger partial charge in [0.1, 0.15) is 0 Å². The van der Waals surface area contributed by atoms with E-state index in [4.69, 9.17) is 0 Å². The van der Waals surface area contributed by atoms with Crippen molar-refractivity contribution in [3.05, 3.63) is 24.0 Å². The average molecular weight is 236 g/mol. The summed E-state index contributed by atoms with van der Waals surface area (Å²) >= 11 is 0. The highest BCUT2D eigenvalue weighted by Crippen LogP contribution is 2.03. The fourth-order valence-corrected chi connectivity index (χ4v) is 1.74. The second-order valence-corrected chi connectivity index (χ2v) is 4.29. The first-order valence-electron chi connectivity index (χ1n) is 6.21. The number of hydrogen-bond donors (Lipinski definition) is 1. The monoisotopic (exact) mass is 236 g/mol. The molecule has 17 heavy (non-hydrogen) atoms. The number of guanidine groups is 1. The highest BCUT2D eigenvalue weighted by atomic mass is 15.3. The molecule has 4 heteroatoms. The summed E-state index contributed by atoms with van der Waals surface area (Å²) in [6.45, 7) is 4.05. The summed E-state index contributed by atoms with van der Waals surface area (Å²) in [6, 6.07) is 4.20. The standard InChI is InChI=1S/C13H24N4/c1-5-6-9-15-13(14-2)17(4)11-12-8-7-10-16(12)3/h7-8,10H,5-6,9,11H2,1-4H3,(H,14,15). The molecule has 1 N–H and O–H groups in total. The maximum absolute atomic E-state index is 4.29. The molecule has 0 radical (unpaired) electrons. The van der Waals surface area contributed by atoms with E-state index in [9.17, 15) is 0 Å². The van der Waals surface area contributed by atoms with Gasteiger partial charge in [-0.05, 0) is 18.6 Å². The van der Waals surface area contributed by atoms with E-state index in [2.05, 4.69) is 59.1 Å². The third kappa shape index (κ3) is 4.13. The minimum Gasteiger partial charge on any atom is -0.356 e. The molecule has 0 amide bonds. The molecule has 0 aliphatic rings. The van der Waals surface area contributed by atoms with Crippen molar-refractivity contribution in [1.29, 1.82) is 0 Å². The molecule has 0 bridgehead atoms. The summed E-state index contributed by atoms with van der Waals surface area (Å²) < 4.78 is 2.13. The number of aliphatic imine (C=N–C) groups is 1. The van der Waals surface area contributed by atoms with Gasteiger partial charge in [-0.25, -0.2) is 0 Å². The van der Waals surface area contributed by atoms with Gasteiger partial charge < -0.3 is 14.8 Å². The zero-order valence-electron chi connectivity index (χ0n) is 11.4. The molecule has 0 unspecified atom stereocenters. The Balaban J connectivity index is 2.50. The maximum Gasteiger partial charge on any atom is 0.193 e. The van der Waals surface area contributed by atoms with Gasteiger partial charge in [0.25, 0.3) is 0 Å². The molecule has 4 nitrogen and oxygen atoms in total. The van der Waals surface area contributed by atoms with Crippen molar-refractivity contribution in [3.8, 4) is 0 Å². The molecule has 1 heterocycles. The minimum absolute atomic E-state index is 0.870. The van der Waals surface area contributed by atoms with Crippen LogP contribution in [0.25, 0.3) is 0 Å². The Labute approximate surface area is 104 Å². The van der Waals surface area contributed by atoms with Crippen LogP contribution in [0.15, 0.2) is 23.3 Å². The highest BCUT2D eigenvalue weighted by molar-refractivity contribution is 5.79. The van der Waals surface area contributed by atoms with Crippen molar-refractivity contribution in [1.82, 2.24) is 14.8 Å². The lowest BCUT2D eigenvalue weighted by Crippen LogP contribution is -2.39. The number of aryl methyl sites for hydroxylation is 1. The lowest BCUT2D eigenvalue weighted by molar-refractivity contribution is 0.461. The molecule has 1 aromatic rings. The van der Waals surface area contributed by atoms with Gasteiger partial charge in [0, 0.05) is 39.6 Å². The van der Waals surface area contributed by atoms with Gasteiger partial charge in [-0.3, -0.25) is 4.99 Å². The second-order valence-electron chi connectivity index (χ2n) is 4.29. The lowest BCUT2D eigenvalue weighted by Gasteiger charge is -2.22. The van der Waals surface area contributed by atoms with Gasteiger partial charge in [-0.1, -0.05) is 13.3 Å². The van der Waals surface area contributed by atoms with Crippen LogP contribution in [0, 0.1) is 0 Å². The predicted molar refractivity (Wildman–Crippen MR) is 73.1 cm³/mol. The zero-order chi connectivity index (χ0) is 12.7. The quantitative estimate of drug-likeness (QED) is 0.480. The number of nitrogens with zero attached hydrogens (tertiary/aromatic N) is 3. The third-order valence-electron chi connectivity index (χ3n) is 2.84. The Hall–Kier alpha value is -1.45. The number of hydrogen-bond acceptors (Lipinski definition) is 1. The van der Waals surface area contributed by atoms with Crippen LogP contribution in [-0.2, 0) is 13.6 Å². The van der Waals surface area contributed by atoms with Crippen LogP contribution >= 0.6 is 0 Å². The maximum atomic E-state index is 4.29. The van der Waals surface area contributed by atoms with Crippen molar-refractivity contribution in [2.75, 3.05) is 20.6 Å². The van der Waals surface area contributed by atoms with Crippen LogP contribution in [0.2, 0.25) is 0 Å². The van der Waals surface area contributed by atoms with Crippen LogP contribution in [0.5, 0.6) is 0 Å². The van der Waals surface area contributed by atoms with E-state index in [1.165, 1.54) is 18.5 Å². The Morgan fingerprint density at radius 2 is 2.29 bits per heavy atom. The van der Waals surface area contributed by atoms with Crippen molar-refractivity contribution < 1.29 is 0 Å². The molecule has 0 saturated carbocycles. The molecule has 96 valence electrons. The number of rotatable bonds is 5. The summed E-state index contributed by atoms with van der Waals surface area (Å²) in [7, 11) is 5.96. The van der Waals surface area contributed by atoms with E-state index in [-0.39, 0.29) is 0 Å². The van der Waals surface area contributed by atoms with E-state index in [0.717, 1.165) is 19.0 Å². The molecule has 1 aromatic heterocycles. The smallest absolute Gasteiger partial charge is 0.193 e. The van der Waals surface area contributed by atoms with Gasteiger partial charge in [0.15, 0.2) is 5.96 Å².